The average Bonchev–Trinajstić information content (AvgIpc) is 2.30. The Balaban J connectivity index is 2.78. The van der Waals surface area contributed by atoms with Crippen LogP contribution in [0.2, 0.25) is 0 Å². The number of benzene rings is 1. The Kier molecular flexibility index (Phi) is 5.46. The molecule has 3 heteroatoms. The number of thioether (sulfide) groups is 1. The first kappa shape index (κ1) is 12.6. The molecule has 0 aliphatic heterocycles. The first-order valence-electron chi connectivity index (χ1n) is 5.28. The molecule has 0 unspecified atom stereocenters. The second-order valence-corrected chi connectivity index (χ2v) is 4.76. The molecule has 0 saturated carbocycles. The van der Waals surface area contributed by atoms with E-state index in [-0.39, 0.29) is 5.92 Å². The van der Waals surface area contributed by atoms with Crippen LogP contribution < -0.4 is 0 Å². The first-order chi connectivity index (χ1) is 7.81. The van der Waals surface area contributed by atoms with E-state index in [2.05, 4.69) is 31.2 Å². The zero-order valence-corrected chi connectivity index (χ0v) is 10.1. The van der Waals surface area contributed by atoms with Crippen molar-refractivity contribution in [1.82, 2.24) is 0 Å². The Morgan fingerprint density at radius 2 is 1.69 bits per heavy atom. The van der Waals surface area contributed by atoms with Gasteiger partial charge in [-0.25, -0.2) is 0 Å². The highest BCUT2D eigenvalue weighted by Crippen LogP contribution is 2.25. The largest absolute Gasteiger partial charge is 0.198 e. The predicted octanol–water partition coefficient (Wildman–Crippen LogP) is 3.71. The van der Waals surface area contributed by atoms with Gasteiger partial charge in [0.25, 0.3) is 0 Å². The summed E-state index contributed by atoms with van der Waals surface area (Å²) in [6.07, 6.45) is 0.821. The number of rotatable bonds is 5. The summed E-state index contributed by atoms with van der Waals surface area (Å²) in [7, 11) is 0. The van der Waals surface area contributed by atoms with Crippen LogP contribution in [0.3, 0.4) is 0 Å². The molecule has 0 aromatic heterocycles. The van der Waals surface area contributed by atoms with E-state index in [1.54, 1.807) is 11.8 Å². The van der Waals surface area contributed by atoms with Crippen LogP contribution in [0.1, 0.15) is 31.2 Å². The van der Waals surface area contributed by atoms with Crippen molar-refractivity contribution in [2.75, 3.05) is 5.75 Å². The number of hydrogen-bond donors (Lipinski definition) is 0. The Morgan fingerprint density at radius 3 is 2.12 bits per heavy atom. The van der Waals surface area contributed by atoms with Crippen LogP contribution in [0, 0.1) is 22.7 Å². The summed E-state index contributed by atoms with van der Waals surface area (Å²) < 4.78 is 0. The minimum Gasteiger partial charge on any atom is -0.198 e. The van der Waals surface area contributed by atoms with E-state index in [1.165, 1.54) is 4.90 Å². The molecule has 0 heterocycles. The van der Waals surface area contributed by atoms with E-state index in [0.717, 1.165) is 11.3 Å². The molecule has 0 radical (unpaired) electrons. The minimum absolute atomic E-state index is 0.0516. The fourth-order valence-electron chi connectivity index (χ4n) is 1.53. The molecular weight excluding hydrogens is 216 g/mol. The lowest BCUT2D eigenvalue weighted by Crippen LogP contribution is -1.96. The fraction of sp³-hybridized carbons (Fsp3) is 0.385. The fourth-order valence-corrected chi connectivity index (χ4v) is 2.19. The number of nitrogens with zero attached hydrogens (tertiary/aromatic N) is 2. The molecule has 1 aromatic carbocycles. The Labute approximate surface area is 101 Å². The van der Waals surface area contributed by atoms with Crippen LogP contribution in [-0.2, 0) is 0 Å². The van der Waals surface area contributed by atoms with E-state index in [4.69, 9.17) is 10.5 Å². The lowest BCUT2D eigenvalue weighted by atomic mass is 9.94. The van der Waals surface area contributed by atoms with Gasteiger partial charge < -0.3 is 0 Å². The van der Waals surface area contributed by atoms with Gasteiger partial charge in [-0.2, -0.15) is 10.5 Å². The van der Waals surface area contributed by atoms with Crippen molar-refractivity contribution in [3.05, 3.63) is 29.8 Å². The van der Waals surface area contributed by atoms with Gasteiger partial charge in [-0.3, -0.25) is 0 Å². The van der Waals surface area contributed by atoms with Gasteiger partial charge in [0.15, 0.2) is 0 Å². The highest BCUT2D eigenvalue weighted by molar-refractivity contribution is 7.99. The third-order valence-corrected chi connectivity index (χ3v) is 3.23. The van der Waals surface area contributed by atoms with E-state index in [0.29, 0.717) is 12.8 Å². The van der Waals surface area contributed by atoms with Crippen LogP contribution in [0.25, 0.3) is 0 Å². The molecule has 0 bridgehead atoms. The minimum atomic E-state index is 0.0516. The molecule has 0 spiro atoms. The molecule has 82 valence electrons. The SMILES string of the molecule is CCSc1ccc(C(CC#N)CC#N)cc1. The Morgan fingerprint density at radius 1 is 1.12 bits per heavy atom. The summed E-state index contributed by atoms with van der Waals surface area (Å²) in [4.78, 5) is 1.24. The maximum Gasteiger partial charge on any atom is 0.0628 e. The summed E-state index contributed by atoms with van der Waals surface area (Å²) in [5.74, 6) is 1.11. The second-order valence-electron chi connectivity index (χ2n) is 3.42. The zero-order valence-electron chi connectivity index (χ0n) is 9.31. The van der Waals surface area contributed by atoms with E-state index in [1.807, 2.05) is 12.1 Å². The van der Waals surface area contributed by atoms with Crippen LogP contribution in [-0.4, -0.2) is 5.75 Å². The molecule has 0 atom stereocenters. The van der Waals surface area contributed by atoms with Gasteiger partial charge >= 0.3 is 0 Å². The second kappa shape index (κ2) is 6.93. The Hall–Kier alpha value is -1.45. The molecule has 1 aromatic rings. The van der Waals surface area contributed by atoms with E-state index >= 15 is 0 Å². The van der Waals surface area contributed by atoms with Gasteiger partial charge in [0.05, 0.1) is 12.1 Å². The summed E-state index contributed by atoms with van der Waals surface area (Å²) in [6.45, 7) is 2.12. The van der Waals surface area contributed by atoms with Crippen molar-refractivity contribution in [1.29, 1.82) is 10.5 Å². The molecule has 0 aliphatic carbocycles. The number of hydrogen-bond acceptors (Lipinski definition) is 3. The summed E-state index contributed by atoms with van der Waals surface area (Å²) in [5, 5.41) is 17.4. The van der Waals surface area contributed by atoms with Crippen molar-refractivity contribution in [3.8, 4) is 12.1 Å². The molecule has 0 N–H and O–H groups in total. The maximum atomic E-state index is 8.70. The third-order valence-electron chi connectivity index (χ3n) is 2.34. The normalized spacial score (nSPS) is 9.75. The molecule has 0 aliphatic rings. The monoisotopic (exact) mass is 230 g/mol. The molecule has 16 heavy (non-hydrogen) atoms. The van der Waals surface area contributed by atoms with Crippen molar-refractivity contribution >= 4 is 11.8 Å². The summed E-state index contributed by atoms with van der Waals surface area (Å²) >= 11 is 1.79. The molecule has 0 saturated heterocycles. The lowest BCUT2D eigenvalue weighted by Gasteiger charge is -2.10. The van der Waals surface area contributed by atoms with Crippen LogP contribution in [0.5, 0.6) is 0 Å². The summed E-state index contributed by atoms with van der Waals surface area (Å²) in [6, 6.07) is 12.4. The third kappa shape index (κ3) is 3.61. The van der Waals surface area contributed by atoms with E-state index in [9.17, 15) is 0 Å². The van der Waals surface area contributed by atoms with Crippen molar-refractivity contribution in [2.24, 2.45) is 0 Å². The smallest absolute Gasteiger partial charge is 0.0628 e. The van der Waals surface area contributed by atoms with Gasteiger partial charge in [0.1, 0.15) is 0 Å². The molecule has 0 fully saturated rings. The topological polar surface area (TPSA) is 47.6 Å². The van der Waals surface area contributed by atoms with Gasteiger partial charge in [-0.05, 0) is 23.4 Å². The molecular formula is C13H14N2S. The van der Waals surface area contributed by atoms with Crippen molar-refractivity contribution in [3.63, 3.8) is 0 Å². The molecule has 0 amide bonds. The lowest BCUT2D eigenvalue weighted by molar-refractivity contribution is 0.725. The highest BCUT2D eigenvalue weighted by Gasteiger charge is 2.10. The van der Waals surface area contributed by atoms with Crippen LogP contribution in [0.15, 0.2) is 29.2 Å². The first-order valence-corrected chi connectivity index (χ1v) is 6.27. The van der Waals surface area contributed by atoms with E-state index < -0.39 is 0 Å². The van der Waals surface area contributed by atoms with Gasteiger partial charge in [-0.1, -0.05) is 19.1 Å². The maximum absolute atomic E-state index is 8.70. The highest BCUT2D eigenvalue weighted by atomic mass is 32.2. The average molecular weight is 230 g/mol. The van der Waals surface area contributed by atoms with Gasteiger partial charge in [-0.15, -0.1) is 11.8 Å². The van der Waals surface area contributed by atoms with Crippen LogP contribution in [0.4, 0.5) is 0 Å². The van der Waals surface area contributed by atoms with Crippen molar-refractivity contribution < 1.29 is 0 Å². The zero-order chi connectivity index (χ0) is 11.8. The predicted molar refractivity (Wildman–Crippen MR) is 66.0 cm³/mol. The standard InChI is InChI=1S/C13H14N2S/c1-2-16-13-5-3-11(4-6-13)12(7-9-14)8-10-15/h3-6,12H,2,7-8H2,1H3. The van der Waals surface area contributed by atoms with Gasteiger partial charge in [0.2, 0.25) is 0 Å². The van der Waals surface area contributed by atoms with Gasteiger partial charge in [0, 0.05) is 23.7 Å². The summed E-state index contributed by atoms with van der Waals surface area (Å²) in [5.41, 5.74) is 1.09. The molecule has 2 nitrogen and oxygen atoms in total. The number of nitriles is 2. The quantitative estimate of drug-likeness (QED) is 0.724. The molecule has 1 rings (SSSR count). The Bertz CT molecular complexity index is 381. The van der Waals surface area contributed by atoms with Crippen LogP contribution >= 0.6 is 11.8 Å². The van der Waals surface area contributed by atoms with Crippen molar-refractivity contribution in [2.45, 2.75) is 30.6 Å².